The van der Waals surface area contributed by atoms with Gasteiger partial charge in [-0.3, -0.25) is 4.79 Å². The molecule has 72 valence electrons. The van der Waals surface area contributed by atoms with Crippen LogP contribution >= 0.6 is 11.6 Å². The molecule has 0 saturated carbocycles. The van der Waals surface area contributed by atoms with Crippen LogP contribution in [-0.2, 0) is 0 Å². The first-order chi connectivity index (χ1) is 6.16. The SMILES string of the molecule is CCCN(C)c1cn[nH]c(=O)c1Cl. The van der Waals surface area contributed by atoms with E-state index in [4.69, 9.17) is 11.6 Å². The Morgan fingerprint density at radius 1 is 1.69 bits per heavy atom. The number of aromatic amines is 1. The first kappa shape index (κ1) is 10.1. The van der Waals surface area contributed by atoms with Gasteiger partial charge >= 0.3 is 0 Å². The molecule has 1 N–H and O–H groups in total. The van der Waals surface area contributed by atoms with E-state index in [0.717, 1.165) is 13.0 Å². The van der Waals surface area contributed by atoms with Gasteiger partial charge in [0.05, 0.1) is 11.9 Å². The van der Waals surface area contributed by atoms with Gasteiger partial charge in [0.2, 0.25) is 0 Å². The molecule has 0 unspecified atom stereocenters. The fraction of sp³-hybridized carbons (Fsp3) is 0.500. The Morgan fingerprint density at radius 2 is 2.38 bits per heavy atom. The van der Waals surface area contributed by atoms with E-state index >= 15 is 0 Å². The number of anilines is 1. The highest BCUT2D eigenvalue weighted by Crippen LogP contribution is 2.18. The minimum absolute atomic E-state index is 0.200. The topological polar surface area (TPSA) is 49.0 Å². The molecule has 0 aliphatic rings. The van der Waals surface area contributed by atoms with E-state index in [9.17, 15) is 4.79 Å². The normalized spacial score (nSPS) is 10.1. The maximum atomic E-state index is 11.1. The summed E-state index contributed by atoms with van der Waals surface area (Å²) in [6, 6.07) is 0. The summed E-state index contributed by atoms with van der Waals surface area (Å²) in [6.45, 7) is 2.91. The molecule has 0 bridgehead atoms. The summed E-state index contributed by atoms with van der Waals surface area (Å²) in [6.07, 6.45) is 2.55. The zero-order chi connectivity index (χ0) is 9.84. The third kappa shape index (κ3) is 2.21. The Balaban J connectivity index is 3.00. The Hall–Kier alpha value is -1.03. The highest BCUT2D eigenvalue weighted by atomic mass is 35.5. The molecule has 1 aromatic rings. The number of rotatable bonds is 3. The number of nitrogens with zero attached hydrogens (tertiary/aromatic N) is 2. The summed E-state index contributed by atoms with van der Waals surface area (Å²) < 4.78 is 0. The van der Waals surface area contributed by atoms with Crippen molar-refractivity contribution in [1.82, 2.24) is 10.2 Å². The molecule has 0 atom stereocenters. The van der Waals surface area contributed by atoms with Gasteiger partial charge in [-0.25, -0.2) is 5.10 Å². The van der Waals surface area contributed by atoms with Crippen LogP contribution < -0.4 is 10.5 Å². The molecular weight excluding hydrogens is 190 g/mol. The van der Waals surface area contributed by atoms with Gasteiger partial charge in [-0.2, -0.15) is 5.10 Å². The van der Waals surface area contributed by atoms with Crippen molar-refractivity contribution < 1.29 is 0 Å². The van der Waals surface area contributed by atoms with Gasteiger partial charge in [0.25, 0.3) is 5.56 Å². The molecule has 1 heterocycles. The molecule has 0 amide bonds. The largest absolute Gasteiger partial charge is 0.372 e. The molecule has 0 spiro atoms. The molecule has 0 aromatic carbocycles. The van der Waals surface area contributed by atoms with Gasteiger partial charge in [-0.05, 0) is 6.42 Å². The Labute approximate surface area is 81.5 Å². The van der Waals surface area contributed by atoms with Crippen molar-refractivity contribution >= 4 is 17.3 Å². The number of H-pyrrole nitrogens is 1. The van der Waals surface area contributed by atoms with Crippen LogP contribution in [0.5, 0.6) is 0 Å². The molecule has 4 nitrogen and oxygen atoms in total. The number of nitrogens with one attached hydrogen (secondary N) is 1. The van der Waals surface area contributed by atoms with Gasteiger partial charge in [-0.1, -0.05) is 18.5 Å². The lowest BCUT2D eigenvalue weighted by molar-refractivity contribution is 0.841. The Bertz CT molecular complexity index is 336. The zero-order valence-electron chi connectivity index (χ0n) is 7.67. The molecule has 0 aliphatic carbocycles. The van der Waals surface area contributed by atoms with Crippen molar-refractivity contribution in [2.45, 2.75) is 13.3 Å². The second-order valence-corrected chi connectivity index (χ2v) is 3.20. The van der Waals surface area contributed by atoms with Crippen LogP contribution in [0.3, 0.4) is 0 Å². The lowest BCUT2D eigenvalue weighted by atomic mass is 10.4. The van der Waals surface area contributed by atoms with Crippen molar-refractivity contribution in [2.75, 3.05) is 18.5 Å². The van der Waals surface area contributed by atoms with Gasteiger partial charge < -0.3 is 4.90 Å². The van der Waals surface area contributed by atoms with Crippen molar-refractivity contribution in [3.05, 3.63) is 21.6 Å². The monoisotopic (exact) mass is 201 g/mol. The van der Waals surface area contributed by atoms with Crippen molar-refractivity contribution in [2.24, 2.45) is 0 Å². The minimum atomic E-state index is -0.345. The number of halogens is 1. The van der Waals surface area contributed by atoms with Crippen LogP contribution in [0.25, 0.3) is 0 Å². The molecule has 5 heteroatoms. The average molecular weight is 202 g/mol. The molecule has 13 heavy (non-hydrogen) atoms. The van der Waals surface area contributed by atoms with Gasteiger partial charge in [0.15, 0.2) is 0 Å². The van der Waals surface area contributed by atoms with E-state index in [2.05, 4.69) is 17.1 Å². The first-order valence-corrected chi connectivity index (χ1v) is 4.49. The first-order valence-electron chi connectivity index (χ1n) is 4.11. The third-order valence-corrected chi connectivity index (χ3v) is 2.11. The number of aromatic nitrogens is 2. The molecular formula is C8H12ClN3O. The molecule has 0 aliphatic heterocycles. The van der Waals surface area contributed by atoms with E-state index in [0.29, 0.717) is 5.69 Å². The van der Waals surface area contributed by atoms with Gasteiger partial charge in [0, 0.05) is 13.6 Å². The number of hydrogen-bond acceptors (Lipinski definition) is 3. The third-order valence-electron chi connectivity index (χ3n) is 1.75. The molecule has 0 saturated heterocycles. The fourth-order valence-electron chi connectivity index (χ4n) is 1.10. The van der Waals surface area contributed by atoms with Gasteiger partial charge in [-0.15, -0.1) is 0 Å². The summed E-state index contributed by atoms with van der Waals surface area (Å²) >= 11 is 5.80. The van der Waals surface area contributed by atoms with E-state index in [-0.39, 0.29) is 10.6 Å². The summed E-state index contributed by atoms with van der Waals surface area (Å²) in [7, 11) is 1.88. The minimum Gasteiger partial charge on any atom is -0.372 e. The predicted octanol–water partition coefficient (Wildman–Crippen LogP) is 1.27. The molecule has 1 rings (SSSR count). The maximum absolute atomic E-state index is 11.1. The van der Waals surface area contributed by atoms with Crippen LogP contribution in [0.15, 0.2) is 11.0 Å². The van der Waals surface area contributed by atoms with Gasteiger partial charge in [0.1, 0.15) is 5.02 Å². The molecule has 0 radical (unpaired) electrons. The fourth-order valence-corrected chi connectivity index (χ4v) is 1.33. The smallest absolute Gasteiger partial charge is 0.285 e. The highest BCUT2D eigenvalue weighted by Gasteiger charge is 2.08. The summed E-state index contributed by atoms with van der Waals surface area (Å²) in [5.41, 5.74) is 0.328. The summed E-state index contributed by atoms with van der Waals surface area (Å²) in [4.78, 5) is 13.0. The van der Waals surface area contributed by atoms with E-state index in [1.165, 1.54) is 0 Å². The van der Waals surface area contributed by atoms with Crippen LogP contribution in [0, 0.1) is 0 Å². The Kier molecular flexibility index (Phi) is 3.31. The lowest BCUT2D eigenvalue weighted by Crippen LogP contribution is -2.21. The van der Waals surface area contributed by atoms with E-state index < -0.39 is 0 Å². The predicted molar refractivity (Wildman–Crippen MR) is 53.4 cm³/mol. The maximum Gasteiger partial charge on any atom is 0.285 e. The number of hydrogen-bond donors (Lipinski definition) is 1. The standard InChI is InChI=1S/C8H12ClN3O/c1-3-4-12(2)6-5-10-11-8(13)7(6)9/h5H,3-4H2,1-2H3,(H,11,13). The van der Waals surface area contributed by atoms with E-state index in [1.54, 1.807) is 6.20 Å². The molecule has 0 fully saturated rings. The lowest BCUT2D eigenvalue weighted by Gasteiger charge is -2.17. The summed E-state index contributed by atoms with van der Waals surface area (Å²) in [5, 5.41) is 6.16. The van der Waals surface area contributed by atoms with Crippen molar-refractivity contribution in [1.29, 1.82) is 0 Å². The van der Waals surface area contributed by atoms with Crippen LogP contribution in [0.1, 0.15) is 13.3 Å². The van der Waals surface area contributed by atoms with Crippen LogP contribution in [0.2, 0.25) is 5.02 Å². The Morgan fingerprint density at radius 3 is 3.00 bits per heavy atom. The van der Waals surface area contributed by atoms with Crippen LogP contribution in [-0.4, -0.2) is 23.8 Å². The second-order valence-electron chi connectivity index (χ2n) is 2.82. The quantitative estimate of drug-likeness (QED) is 0.802. The highest BCUT2D eigenvalue weighted by molar-refractivity contribution is 6.32. The average Bonchev–Trinajstić information content (AvgIpc) is 2.10. The van der Waals surface area contributed by atoms with Crippen molar-refractivity contribution in [3.63, 3.8) is 0 Å². The zero-order valence-corrected chi connectivity index (χ0v) is 8.43. The van der Waals surface area contributed by atoms with Crippen molar-refractivity contribution in [3.8, 4) is 0 Å². The van der Waals surface area contributed by atoms with Crippen LogP contribution in [0.4, 0.5) is 5.69 Å². The second kappa shape index (κ2) is 4.28. The van der Waals surface area contributed by atoms with E-state index in [1.807, 2.05) is 11.9 Å². The molecule has 1 aromatic heterocycles. The summed E-state index contributed by atoms with van der Waals surface area (Å²) in [5.74, 6) is 0.